The first-order chi connectivity index (χ1) is 9.13. The molecule has 0 aromatic heterocycles. The van der Waals surface area contributed by atoms with Crippen LogP contribution >= 0.6 is 0 Å². The third kappa shape index (κ3) is 6.36. The lowest BCUT2D eigenvalue weighted by atomic mass is 10.1. The quantitative estimate of drug-likeness (QED) is 0.760. The molecule has 0 aliphatic rings. The Morgan fingerprint density at radius 3 is 2.47 bits per heavy atom. The number of rotatable bonds is 8. The van der Waals surface area contributed by atoms with E-state index in [0.717, 1.165) is 25.9 Å². The maximum absolute atomic E-state index is 11.9. The third-order valence-corrected chi connectivity index (χ3v) is 3.15. The second-order valence-corrected chi connectivity index (χ2v) is 4.93. The summed E-state index contributed by atoms with van der Waals surface area (Å²) in [5, 5.41) is 0. The van der Waals surface area contributed by atoms with Crippen molar-refractivity contribution in [3.63, 3.8) is 0 Å². The Hall–Kier alpha value is -1.39. The predicted molar refractivity (Wildman–Crippen MR) is 79.0 cm³/mol. The average molecular weight is 263 g/mol. The van der Waals surface area contributed by atoms with Crippen LogP contribution in [0.3, 0.4) is 0 Å². The van der Waals surface area contributed by atoms with Gasteiger partial charge in [-0.05, 0) is 32.0 Å². The van der Waals surface area contributed by atoms with Crippen molar-refractivity contribution < 1.29 is 4.79 Å². The van der Waals surface area contributed by atoms with E-state index < -0.39 is 0 Å². The van der Waals surface area contributed by atoms with E-state index in [-0.39, 0.29) is 5.91 Å². The molecule has 2 N–H and O–H groups in total. The zero-order valence-electron chi connectivity index (χ0n) is 12.0. The van der Waals surface area contributed by atoms with Gasteiger partial charge < -0.3 is 10.6 Å². The Morgan fingerprint density at radius 1 is 1.16 bits per heavy atom. The van der Waals surface area contributed by atoms with Crippen LogP contribution < -0.4 is 5.73 Å². The van der Waals surface area contributed by atoms with Crippen molar-refractivity contribution in [1.82, 2.24) is 9.80 Å². The smallest absolute Gasteiger partial charge is 0.236 e. The number of carbonyl (C=O) groups is 1. The highest BCUT2D eigenvalue weighted by atomic mass is 16.2. The molecule has 0 unspecified atom stereocenters. The summed E-state index contributed by atoms with van der Waals surface area (Å²) in [6, 6.07) is 10.3. The summed E-state index contributed by atoms with van der Waals surface area (Å²) in [7, 11) is 3.82. The monoisotopic (exact) mass is 263 g/mol. The molecular weight excluding hydrogens is 238 g/mol. The van der Waals surface area contributed by atoms with Crippen LogP contribution in [0.2, 0.25) is 0 Å². The van der Waals surface area contributed by atoms with Crippen LogP contribution in [0.15, 0.2) is 30.3 Å². The highest BCUT2D eigenvalue weighted by Crippen LogP contribution is 2.01. The number of hydrogen-bond donors (Lipinski definition) is 1. The van der Waals surface area contributed by atoms with Crippen LogP contribution in [-0.4, -0.2) is 56.0 Å². The van der Waals surface area contributed by atoms with Gasteiger partial charge in [0.1, 0.15) is 0 Å². The molecule has 0 heterocycles. The second-order valence-electron chi connectivity index (χ2n) is 4.93. The molecule has 0 bridgehead atoms. The number of nitrogens with zero attached hydrogens (tertiary/aromatic N) is 2. The van der Waals surface area contributed by atoms with E-state index in [2.05, 4.69) is 17.0 Å². The van der Waals surface area contributed by atoms with Gasteiger partial charge in [-0.2, -0.15) is 0 Å². The van der Waals surface area contributed by atoms with E-state index in [1.165, 1.54) is 5.56 Å². The van der Waals surface area contributed by atoms with Gasteiger partial charge >= 0.3 is 0 Å². The molecule has 4 nitrogen and oxygen atoms in total. The molecule has 1 amide bonds. The molecule has 0 fully saturated rings. The zero-order valence-corrected chi connectivity index (χ0v) is 12.0. The molecule has 1 aromatic rings. The Morgan fingerprint density at radius 2 is 1.84 bits per heavy atom. The SMILES string of the molecule is CN(CCc1ccccc1)CC(=O)N(C)CCCN. The minimum atomic E-state index is 0.156. The van der Waals surface area contributed by atoms with Crippen LogP contribution in [0.1, 0.15) is 12.0 Å². The van der Waals surface area contributed by atoms with Gasteiger partial charge in [-0.15, -0.1) is 0 Å². The van der Waals surface area contributed by atoms with Crippen molar-refractivity contribution in [2.75, 3.05) is 40.3 Å². The minimum Gasteiger partial charge on any atom is -0.345 e. The van der Waals surface area contributed by atoms with Gasteiger partial charge in [-0.1, -0.05) is 30.3 Å². The van der Waals surface area contributed by atoms with Crippen LogP contribution in [0, 0.1) is 0 Å². The molecule has 0 saturated heterocycles. The van der Waals surface area contributed by atoms with E-state index in [1.54, 1.807) is 4.90 Å². The number of hydrogen-bond acceptors (Lipinski definition) is 3. The molecule has 0 saturated carbocycles. The zero-order chi connectivity index (χ0) is 14.1. The third-order valence-electron chi connectivity index (χ3n) is 3.15. The van der Waals surface area contributed by atoms with Gasteiger partial charge in [-0.3, -0.25) is 9.69 Å². The summed E-state index contributed by atoms with van der Waals surface area (Å²) in [5.74, 6) is 0.156. The van der Waals surface area contributed by atoms with Crippen molar-refractivity contribution >= 4 is 5.91 Å². The second kappa shape index (κ2) is 8.67. The van der Waals surface area contributed by atoms with Crippen LogP contribution in [0.4, 0.5) is 0 Å². The summed E-state index contributed by atoms with van der Waals surface area (Å²) < 4.78 is 0. The Bertz CT molecular complexity index is 367. The average Bonchev–Trinajstić information content (AvgIpc) is 2.43. The van der Waals surface area contributed by atoms with E-state index in [9.17, 15) is 4.79 Å². The molecular formula is C15H25N3O. The summed E-state index contributed by atoms with van der Waals surface area (Å²) in [4.78, 5) is 15.7. The number of nitrogens with two attached hydrogens (primary N) is 1. The summed E-state index contributed by atoms with van der Waals surface area (Å²) in [6.07, 6.45) is 1.83. The largest absolute Gasteiger partial charge is 0.345 e. The number of amides is 1. The number of benzene rings is 1. The van der Waals surface area contributed by atoms with E-state index in [1.807, 2.05) is 32.3 Å². The molecule has 0 radical (unpaired) electrons. The predicted octanol–water partition coefficient (Wildman–Crippen LogP) is 0.968. The lowest BCUT2D eigenvalue weighted by Gasteiger charge is -2.21. The lowest BCUT2D eigenvalue weighted by molar-refractivity contribution is -0.130. The fraction of sp³-hybridized carbons (Fsp3) is 0.533. The first-order valence-corrected chi connectivity index (χ1v) is 6.80. The van der Waals surface area contributed by atoms with Crippen molar-refractivity contribution in [2.24, 2.45) is 5.73 Å². The van der Waals surface area contributed by atoms with Crippen molar-refractivity contribution in [1.29, 1.82) is 0 Å². The van der Waals surface area contributed by atoms with E-state index in [4.69, 9.17) is 5.73 Å². The van der Waals surface area contributed by atoms with Gasteiger partial charge in [-0.25, -0.2) is 0 Å². The molecule has 106 valence electrons. The lowest BCUT2D eigenvalue weighted by Crippen LogP contribution is -2.38. The number of likely N-dealkylation sites (N-methyl/N-ethyl adjacent to an activating group) is 2. The van der Waals surface area contributed by atoms with Gasteiger partial charge in [0.2, 0.25) is 5.91 Å². The van der Waals surface area contributed by atoms with Crippen LogP contribution in [0.25, 0.3) is 0 Å². The highest BCUT2D eigenvalue weighted by molar-refractivity contribution is 5.77. The molecule has 0 spiro atoms. The maximum atomic E-state index is 11.9. The van der Waals surface area contributed by atoms with Crippen LogP contribution in [-0.2, 0) is 11.2 Å². The molecule has 0 aliphatic carbocycles. The van der Waals surface area contributed by atoms with Crippen molar-refractivity contribution in [3.8, 4) is 0 Å². The standard InChI is InChI=1S/C15H25N3O/c1-17(12-9-14-7-4-3-5-8-14)13-15(19)18(2)11-6-10-16/h3-5,7-8H,6,9-13,16H2,1-2H3. The molecule has 19 heavy (non-hydrogen) atoms. The molecule has 0 aliphatic heterocycles. The van der Waals surface area contributed by atoms with Crippen molar-refractivity contribution in [2.45, 2.75) is 12.8 Å². The topological polar surface area (TPSA) is 49.6 Å². The molecule has 1 aromatic carbocycles. The normalized spacial score (nSPS) is 10.7. The van der Waals surface area contributed by atoms with E-state index in [0.29, 0.717) is 13.1 Å². The Labute approximate surface area is 116 Å². The summed E-state index contributed by atoms with van der Waals surface area (Å²) in [6.45, 7) is 2.72. The van der Waals surface area contributed by atoms with Crippen LogP contribution in [0.5, 0.6) is 0 Å². The van der Waals surface area contributed by atoms with Crippen molar-refractivity contribution in [3.05, 3.63) is 35.9 Å². The minimum absolute atomic E-state index is 0.156. The summed E-state index contributed by atoms with van der Waals surface area (Å²) >= 11 is 0. The maximum Gasteiger partial charge on any atom is 0.236 e. The van der Waals surface area contributed by atoms with Gasteiger partial charge in [0.15, 0.2) is 0 Å². The van der Waals surface area contributed by atoms with Gasteiger partial charge in [0.25, 0.3) is 0 Å². The summed E-state index contributed by atoms with van der Waals surface area (Å²) in [5.41, 5.74) is 6.75. The molecule has 0 atom stereocenters. The highest BCUT2D eigenvalue weighted by Gasteiger charge is 2.10. The first kappa shape index (κ1) is 15.7. The first-order valence-electron chi connectivity index (χ1n) is 6.80. The fourth-order valence-electron chi connectivity index (χ4n) is 1.85. The molecule has 1 rings (SSSR count). The Balaban J connectivity index is 2.26. The van der Waals surface area contributed by atoms with Gasteiger partial charge in [0, 0.05) is 20.1 Å². The Kier molecular flexibility index (Phi) is 7.15. The molecule has 4 heteroatoms. The van der Waals surface area contributed by atoms with E-state index >= 15 is 0 Å². The number of carbonyl (C=O) groups excluding carboxylic acids is 1. The van der Waals surface area contributed by atoms with Gasteiger partial charge in [0.05, 0.1) is 6.54 Å². The fourth-order valence-corrected chi connectivity index (χ4v) is 1.85.